The van der Waals surface area contributed by atoms with Crippen molar-refractivity contribution in [3.63, 3.8) is 0 Å². The van der Waals surface area contributed by atoms with Gasteiger partial charge < -0.3 is 24.6 Å². The van der Waals surface area contributed by atoms with Crippen LogP contribution in [0.25, 0.3) is 11.6 Å². The summed E-state index contributed by atoms with van der Waals surface area (Å²) in [5, 5.41) is 10.4. The number of aliphatic imine (C=N–C) groups is 1. The van der Waals surface area contributed by atoms with E-state index in [1.54, 1.807) is 20.4 Å². The molecule has 0 spiro atoms. The second kappa shape index (κ2) is 11.9. The highest BCUT2D eigenvalue weighted by Gasteiger charge is 2.09. The molecule has 2 aromatic rings. The maximum Gasteiger partial charge on any atom is 0.276 e. The Balaban J connectivity index is 1.63. The van der Waals surface area contributed by atoms with E-state index in [4.69, 9.17) is 14.0 Å². The van der Waals surface area contributed by atoms with Gasteiger partial charge in [0, 0.05) is 46.5 Å². The predicted octanol–water partition coefficient (Wildman–Crippen LogP) is 0.892. The number of nitrogens with zero attached hydrogens (tertiary/aromatic N) is 4. The summed E-state index contributed by atoms with van der Waals surface area (Å²) >= 11 is 0. The molecule has 0 atom stereocenters. The maximum absolute atomic E-state index is 5.41. The van der Waals surface area contributed by atoms with E-state index in [9.17, 15) is 0 Å². The van der Waals surface area contributed by atoms with Crippen molar-refractivity contribution in [1.29, 1.82) is 0 Å². The molecular weight excluding hydrogens is 336 g/mol. The fourth-order valence-electron chi connectivity index (χ4n) is 2.09. The van der Waals surface area contributed by atoms with Crippen molar-refractivity contribution in [3.05, 3.63) is 30.2 Å². The van der Waals surface area contributed by atoms with Crippen LogP contribution in [0, 0.1) is 0 Å². The summed E-state index contributed by atoms with van der Waals surface area (Å²) < 4.78 is 15.6. The van der Waals surface area contributed by atoms with Gasteiger partial charge in [-0.25, -0.2) is 0 Å². The van der Waals surface area contributed by atoms with Crippen LogP contribution in [0.4, 0.5) is 0 Å². The van der Waals surface area contributed by atoms with Crippen LogP contribution in [0.3, 0.4) is 0 Å². The van der Waals surface area contributed by atoms with E-state index >= 15 is 0 Å². The van der Waals surface area contributed by atoms with Crippen molar-refractivity contribution in [1.82, 2.24) is 25.8 Å². The van der Waals surface area contributed by atoms with Gasteiger partial charge in [0.1, 0.15) is 5.69 Å². The Bertz CT molecular complexity index is 647. The van der Waals surface area contributed by atoms with E-state index in [1.807, 2.05) is 18.2 Å². The summed E-state index contributed by atoms with van der Waals surface area (Å²) in [6.07, 6.45) is 3.21. The molecule has 0 bridgehead atoms. The van der Waals surface area contributed by atoms with E-state index in [1.165, 1.54) is 0 Å². The first kappa shape index (κ1) is 19.8. The topological polar surface area (TPSA) is 107 Å². The van der Waals surface area contributed by atoms with Gasteiger partial charge in [-0.2, -0.15) is 4.98 Å². The van der Waals surface area contributed by atoms with Crippen LogP contribution in [0.2, 0.25) is 0 Å². The number of aromatic nitrogens is 3. The average Bonchev–Trinajstić information content (AvgIpc) is 3.15. The van der Waals surface area contributed by atoms with Gasteiger partial charge in [-0.05, 0) is 18.6 Å². The third-order valence-electron chi connectivity index (χ3n) is 3.41. The standard InChI is InChI=1S/C17H26N6O3/c1-18-17(20-9-5-11-25-13-12-24-2)21-10-7-15-22-16(26-23-15)14-6-3-4-8-19-14/h3-4,6,8H,5,7,9-13H2,1-2H3,(H2,18,20,21). The Morgan fingerprint density at radius 2 is 2.08 bits per heavy atom. The fraction of sp³-hybridized carbons (Fsp3) is 0.529. The van der Waals surface area contributed by atoms with Crippen LogP contribution < -0.4 is 10.6 Å². The van der Waals surface area contributed by atoms with Gasteiger partial charge in [0.15, 0.2) is 11.8 Å². The summed E-state index contributed by atoms with van der Waals surface area (Å²) in [4.78, 5) is 12.7. The molecule has 26 heavy (non-hydrogen) atoms. The highest BCUT2D eigenvalue weighted by atomic mass is 16.5. The van der Waals surface area contributed by atoms with Crippen molar-refractivity contribution in [2.45, 2.75) is 12.8 Å². The Hall–Kier alpha value is -2.52. The second-order valence-electron chi connectivity index (χ2n) is 5.37. The lowest BCUT2D eigenvalue weighted by molar-refractivity contribution is 0.0698. The number of hydrogen-bond donors (Lipinski definition) is 2. The largest absolute Gasteiger partial charge is 0.382 e. The number of guanidine groups is 1. The molecule has 0 radical (unpaired) electrons. The molecule has 2 heterocycles. The molecule has 0 aromatic carbocycles. The van der Waals surface area contributed by atoms with Gasteiger partial charge in [0.25, 0.3) is 5.89 Å². The summed E-state index contributed by atoms with van der Waals surface area (Å²) in [7, 11) is 3.40. The quantitative estimate of drug-likeness (QED) is 0.345. The maximum atomic E-state index is 5.41. The molecule has 0 aliphatic rings. The first-order valence-electron chi connectivity index (χ1n) is 8.58. The molecular formula is C17H26N6O3. The lowest BCUT2D eigenvalue weighted by atomic mass is 10.3. The molecule has 2 N–H and O–H groups in total. The fourth-order valence-corrected chi connectivity index (χ4v) is 2.09. The van der Waals surface area contributed by atoms with Gasteiger partial charge in [-0.1, -0.05) is 11.2 Å². The predicted molar refractivity (Wildman–Crippen MR) is 97.9 cm³/mol. The molecule has 2 rings (SSSR count). The van der Waals surface area contributed by atoms with Gasteiger partial charge in [-0.15, -0.1) is 0 Å². The van der Waals surface area contributed by atoms with Gasteiger partial charge >= 0.3 is 0 Å². The zero-order valence-corrected chi connectivity index (χ0v) is 15.3. The van der Waals surface area contributed by atoms with Gasteiger partial charge in [0.05, 0.1) is 13.2 Å². The number of pyridine rings is 1. The van der Waals surface area contributed by atoms with Crippen LogP contribution in [0.1, 0.15) is 12.2 Å². The summed E-state index contributed by atoms with van der Waals surface area (Å²) in [6.45, 7) is 3.35. The second-order valence-corrected chi connectivity index (χ2v) is 5.37. The van der Waals surface area contributed by atoms with Crippen molar-refractivity contribution in [2.75, 3.05) is 47.1 Å². The van der Waals surface area contributed by atoms with Gasteiger partial charge in [-0.3, -0.25) is 9.98 Å². The van der Waals surface area contributed by atoms with Gasteiger partial charge in [0.2, 0.25) is 0 Å². The summed E-state index contributed by atoms with van der Waals surface area (Å²) in [5.41, 5.74) is 0.671. The third-order valence-corrected chi connectivity index (χ3v) is 3.41. The summed E-state index contributed by atoms with van der Waals surface area (Å²) in [5.74, 6) is 1.78. The van der Waals surface area contributed by atoms with Crippen LogP contribution in [-0.4, -0.2) is 68.2 Å². The number of ether oxygens (including phenoxy) is 2. The van der Waals surface area contributed by atoms with Crippen LogP contribution in [0.5, 0.6) is 0 Å². The normalized spacial score (nSPS) is 11.5. The molecule has 9 nitrogen and oxygen atoms in total. The van der Waals surface area contributed by atoms with Crippen molar-refractivity contribution < 1.29 is 14.0 Å². The minimum Gasteiger partial charge on any atom is -0.382 e. The Morgan fingerprint density at radius 3 is 2.85 bits per heavy atom. The zero-order chi connectivity index (χ0) is 18.5. The van der Waals surface area contributed by atoms with Crippen molar-refractivity contribution in [3.8, 4) is 11.6 Å². The lowest BCUT2D eigenvalue weighted by Gasteiger charge is -2.11. The molecule has 0 aliphatic heterocycles. The van der Waals surface area contributed by atoms with Crippen molar-refractivity contribution >= 4 is 5.96 Å². The average molecular weight is 362 g/mol. The molecule has 0 saturated carbocycles. The van der Waals surface area contributed by atoms with Crippen LogP contribution in [-0.2, 0) is 15.9 Å². The van der Waals surface area contributed by atoms with E-state index < -0.39 is 0 Å². The highest BCUT2D eigenvalue weighted by Crippen LogP contribution is 2.12. The van der Waals surface area contributed by atoms with Crippen LogP contribution in [0.15, 0.2) is 33.9 Å². The lowest BCUT2D eigenvalue weighted by Crippen LogP contribution is -2.39. The molecule has 0 amide bonds. The number of hydrogen-bond acceptors (Lipinski definition) is 7. The van der Waals surface area contributed by atoms with E-state index in [0.717, 1.165) is 18.9 Å². The molecule has 0 fully saturated rings. The van der Waals surface area contributed by atoms with E-state index in [2.05, 4.69) is 30.8 Å². The Morgan fingerprint density at radius 1 is 1.19 bits per heavy atom. The monoisotopic (exact) mass is 362 g/mol. The molecule has 0 unspecified atom stereocenters. The first-order chi connectivity index (χ1) is 12.8. The first-order valence-corrected chi connectivity index (χ1v) is 8.58. The molecule has 142 valence electrons. The third kappa shape index (κ3) is 7.16. The number of methoxy groups -OCH3 is 1. The molecule has 0 aliphatic carbocycles. The number of rotatable bonds is 11. The van der Waals surface area contributed by atoms with E-state index in [-0.39, 0.29) is 0 Å². The number of nitrogens with one attached hydrogen (secondary N) is 2. The highest BCUT2D eigenvalue weighted by molar-refractivity contribution is 5.79. The Labute approximate surface area is 153 Å². The van der Waals surface area contributed by atoms with E-state index in [0.29, 0.717) is 50.2 Å². The van der Waals surface area contributed by atoms with Crippen molar-refractivity contribution in [2.24, 2.45) is 4.99 Å². The smallest absolute Gasteiger partial charge is 0.276 e. The molecule has 2 aromatic heterocycles. The Kier molecular flexibility index (Phi) is 9.09. The molecule has 0 saturated heterocycles. The zero-order valence-electron chi connectivity index (χ0n) is 15.3. The summed E-state index contributed by atoms with van der Waals surface area (Å²) in [6, 6.07) is 5.56. The minimum absolute atomic E-state index is 0.427. The minimum atomic E-state index is 0.427. The van der Waals surface area contributed by atoms with Crippen LogP contribution >= 0.6 is 0 Å². The molecule has 9 heteroatoms. The SMILES string of the molecule is CN=C(NCCCOCCOC)NCCc1noc(-c2ccccn2)n1.